The van der Waals surface area contributed by atoms with Crippen LogP contribution in [0.5, 0.6) is 0 Å². The molecule has 0 spiro atoms. The third-order valence-corrected chi connectivity index (χ3v) is 4.86. The van der Waals surface area contributed by atoms with Gasteiger partial charge in [0.05, 0.1) is 28.0 Å². The predicted octanol–water partition coefficient (Wildman–Crippen LogP) is 4.31. The Balaban J connectivity index is 1.73. The Morgan fingerprint density at radius 3 is 2.92 bits per heavy atom. The van der Waals surface area contributed by atoms with Gasteiger partial charge in [0.15, 0.2) is 5.16 Å². The van der Waals surface area contributed by atoms with Crippen LogP contribution in [0.2, 0.25) is 5.02 Å². The van der Waals surface area contributed by atoms with E-state index in [-0.39, 0.29) is 11.7 Å². The second-order valence-corrected chi connectivity index (χ2v) is 6.64. The summed E-state index contributed by atoms with van der Waals surface area (Å²) in [5.41, 5.74) is 2.76. The molecule has 2 aromatic carbocycles. The van der Waals surface area contributed by atoms with E-state index in [4.69, 9.17) is 16.9 Å². The van der Waals surface area contributed by atoms with Crippen molar-refractivity contribution in [2.75, 3.05) is 11.1 Å². The molecule has 0 radical (unpaired) electrons. The van der Waals surface area contributed by atoms with Gasteiger partial charge in [0, 0.05) is 11.6 Å². The third kappa shape index (κ3) is 3.78. The number of para-hydroxylation sites is 2. The van der Waals surface area contributed by atoms with E-state index in [2.05, 4.69) is 14.9 Å². The number of aryl methyl sites for hydroxylation is 1. The quantitative estimate of drug-likeness (QED) is 0.679. The number of imidazole rings is 1. The summed E-state index contributed by atoms with van der Waals surface area (Å²) in [5.74, 6) is -0.0146. The summed E-state index contributed by atoms with van der Waals surface area (Å²) in [6.45, 7) is 2.82. The van der Waals surface area contributed by atoms with Crippen LogP contribution in [0.15, 0.2) is 47.6 Å². The lowest BCUT2D eigenvalue weighted by molar-refractivity contribution is -0.113. The predicted molar refractivity (Wildman–Crippen MR) is 101 cm³/mol. The summed E-state index contributed by atoms with van der Waals surface area (Å²) in [6.07, 6.45) is 0. The number of anilines is 1. The first-order valence-electron chi connectivity index (χ1n) is 7.70. The Bertz CT molecular complexity index is 977. The average molecular weight is 371 g/mol. The molecule has 7 heteroatoms. The monoisotopic (exact) mass is 370 g/mol. The molecule has 0 fully saturated rings. The van der Waals surface area contributed by atoms with E-state index in [1.165, 1.54) is 11.8 Å². The largest absolute Gasteiger partial charge is 0.324 e. The zero-order valence-electron chi connectivity index (χ0n) is 13.5. The van der Waals surface area contributed by atoms with Crippen molar-refractivity contribution in [2.24, 2.45) is 0 Å². The van der Waals surface area contributed by atoms with Gasteiger partial charge in [0.1, 0.15) is 6.07 Å². The van der Waals surface area contributed by atoms with Gasteiger partial charge in [0.25, 0.3) is 0 Å². The molecular weight excluding hydrogens is 356 g/mol. The normalized spacial score (nSPS) is 10.6. The van der Waals surface area contributed by atoms with E-state index in [9.17, 15) is 4.79 Å². The summed E-state index contributed by atoms with van der Waals surface area (Å²) in [6, 6.07) is 14.7. The molecule has 0 unspecified atom stereocenters. The highest BCUT2D eigenvalue weighted by Crippen LogP contribution is 2.25. The highest BCUT2D eigenvalue weighted by Gasteiger charge is 2.13. The Morgan fingerprint density at radius 1 is 1.36 bits per heavy atom. The van der Waals surface area contributed by atoms with Crippen LogP contribution in [0.25, 0.3) is 11.0 Å². The van der Waals surface area contributed by atoms with E-state index in [0.29, 0.717) is 16.3 Å². The van der Waals surface area contributed by atoms with E-state index < -0.39 is 0 Å². The maximum atomic E-state index is 12.3. The van der Waals surface area contributed by atoms with Gasteiger partial charge in [0.2, 0.25) is 5.91 Å². The van der Waals surface area contributed by atoms with E-state index in [0.717, 1.165) is 22.7 Å². The summed E-state index contributed by atoms with van der Waals surface area (Å²) < 4.78 is 2.08. The van der Waals surface area contributed by atoms with Crippen LogP contribution in [0.4, 0.5) is 5.69 Å². The first kappa shape index (κ1) is 17.3. The topological polar surface area (TPSA) is 70.7 Å². The number of nitrogens with one attached hydrogen (secondary N) is 1. The molecule has 0 aliphatic heterocycles. The van der Waals surface area contributed by atoms with Crippen molar-refractivity contribution in [2.45, 2.75) is 18.6 Å². The van der Waals surface area contributed by atoms with Gasteiger partial charge in [-0.05, 0) is 37.3 Å². The number of rotatable bonds is 5. The number of fused-ring (bicyclic) bond motifs is 1. The Labute approximate surface area is 154 Å². The molecule has 1 amide bonds. The zero-order chi connectivity index (χ0) is 17.8. The highest BCUT2D eigenvalue weighted by atomic mass is 35.5. The number of nitrogens with zero attached hydrogens (tertiary/aromatic N) is 3. The van der Waals surface area contributed by atoms with Crippen molar-refractivity contribution in [1.82, 2.24) is 9.55 Å². The van der Waals surface area contributed by atoms with Crippen LogP contribution in [0, 0.1) is 11.3 Å². The smallest absolute Gasteiger partial charge is 0.234 e. The number of carbonyl (C=O) groups is 1. The Hall–Kier alpha value is -2.49. The standard InChI is InChI=1S/C18H15ClN4OS/c1-2-23-16-6-4-3-5-14(16)22-18(23)25-11-17(24)21-15-9-13(19)8-7-12(15)10-20/h3-9H,2,11H2,1H3,(H,21,24). The molecule has 0 aliphatic carbocycles. The molecule has 5 nitrogen and oxygen atoms in total. The van der Waals surface area contributed by atoms with Gasteiger partial charge in [-0.2, -0.15) is 5.26 Å². The van der Waals surface area contributed by atoms with E-state index >= 15 is 0 Å². The van der Waals surface area contributed by atoms with Crippen molar-refractivity contribution in [1.29, 1.82) is 5.26 Å². The molecule has 0 saturated carbocycles. The van der Waals surface area contributed by atoms with Crippen molar-refractivity contribution in [3.8, 4) is 6.07 Å². The number of aromatic nitrogens is 2. The van der Waals surface area contributed by atoms with E-state index in [1.807, 2.05) is 37.3 Å². The summed E-state index contributed by atoms with van der Waals surface area (Å²) in [5, 5.41) is 13.1. The Morgan fingerprint density at radius 2 is 2.16 bits per heavy atom. The SMILES string of the molecule is CCn1c(SCC(=O)Nc2cc(Cl)ccc2C#N)nc2ccccc21. The van der Waals surface area contributed by atoms with Crippen LogP contribution in [-0.2, 0) is 11.3 Å². The van der Waals surface area contributed by atoms with Crippen LogP contribution in [0.1, 0.15) is 12.5 Å². The van der Waals surface area contributed by atoms with Crippen molar-refractivity contribution < 1.29 is 4.79 Å². The van der Waals surface area contributed by atoms with E-state index in [1.54, 1.807) is 18.2 Å². The highest BCUT2D eigenvalue weighted by molar-refractivity contribution is 7.99. The molecule has 1 aromatic heterocycles. The molecular formula is C18H15ClN4OS. The zero-order valence-corrected chi connectivity index (χ0v) is 15.1. The molecule has 3 rings (SSSR count). The maximum Gasteiger partial charge on any atom is 0.234 e. The molecule has 3 aromatic rings. The second-order valence-electron chi connectivity index (χ2n) is 5.27. The van der Waals surface area contributed by atoms with Gasteiger partial charge in [-0.25, -0.2) is 4.98 Å². The third-order valence-electron chi connectivity index (χ3n) is 3.64. The van der Waals surface area contributed by atoms with Crippen molar-refractivity contribution in [3.05, 3.63) is 53.1 Å². The van der Waals surface area contributed by atoms with Crippen molar-refractivity contribution >= 4 is 46.0 Å². The minimum atomic E-state index is -0.210. The molecule has 25 heavy (non-hydrogen) atoms. The molecule has 0 aliphatic rings. The number of hydrogen-bond donors (Lipinski definition) is 1. The summed E-state index contributed by atoms with van der Waals surface area (Å²) in [7, 11) is 0. The maximum absolute atomic E-state index is 12.3. The first-order chi connectivity index (χ1) is 12.1. The van der Waals surface area contributed by atoms with Gasteiger partial charge in [-0.1, -0.05) is 35.5 Å². The van der Waals surface area contributed by atoms with Gasteiger partial charge >= 0.3 is 0 Å². The number of carbonyl (C=O) groups excluding carboxylic acids is 1. The lowest BCUT2D eigenvalue weighted by atomic mass is 10.2. The minimum Gasteiger partial charge on any atom is -0.324 e. The summed E-state index contributed by atoms with van der Waals surface area (Å²) >= 11 is 7.30. The molecule has 1 N–H and O–H groups in total. The summed E-state index contributed by atoms with van der Waals surface area (Å²) in [4.78, 5) is 16.8. The van der Waals surface area contributed by atoms with Crippen molar-refractivity contribution in [3.63, 3.8) is 0 Å². The molecule has 1 heterocycles. The fraction of sp³-hybridized carbons (Fsp3) is 0.167. The lowest BCUT2D eigenvalue weighted by Crippen LogP contribution is -2.15. The Kier molecular flexibility index (Phi) is 5.27. The second kappa shape index (κ2) is 7.60. The molecule has 0 atom stereocenters. The lowest BCUT2D eigenvalue weighted by Gasteiger charge is -2.08. The minimum absolute atomic E-state index is 0.195. The number of thioether (sulfide) groups is 1. The fourth-order valence-electron chi connectivity index (χ4n) is 2.50. The number of nitriles is 1. The molecule has 0 saturated heterocycles. The molecule has 0 bridgehead atoms. The number of benzene rings is 2. The first-order valence-corrected chi connectivity index (χ1v) is 9.06. The van der Waals surface area contributed by atoms with Crippen LogP contribution in [0.3, 0.4) is 0 Å². The van der Waals surface area contributed by atoms with Crippen LogP contribution < -0.4 is 5.32 Å². The van der Waals surface area contributed by atoms with Gasteiger partial charge < -0.3 is 9.88 Å². The number of hydrogen-bond acceptors (Lipinski definition) is 4. The molecule has 126 valence electrons. The number of amides is 1. The van der Waals surface area contributed by atoms with Crippen LogP contribution in [-0.4, -0.2) is 21.2 Å². The van der Waals surface area contributed by atoms with Gasteiger partial charge in [-0.15, -0.1) is 0 Å². The van der Waals surface area contributed by atoms with Crippen LogP contribution >= 0.6 is 23.4 Å². The fourth-order valence-corrected chi connectivity index (χ4v) is 3.55. The van der Waals surface area contributed by atoms with Gasteiger partial charge in [-0.3, -0.25) is 4.79 Å². The average Bonchev–Trinajstić information content (AvgIpc) is 2.97. The number of halogens is 1.